The number of thiazole rings is 1. The fraction of sp³-hybridized carbons (Fsp3) is 0.176. The van der Waals surface area contributed by atoms with Crippen molar-refractivity contribution < 1.29 is 14.6 Å². The van der Waals surface area contributed by atoms with Crippen LogP contribution in [0.3, 0.4) is 0 Å². The maximum atomic E-state index is 12.5. The number of fused-ring (bicyclic) bond motifs is 1. The first-order valence-electron chi connectivity index (χ1n) is 7.05. The number of nitrogens with zero attached hydrogens (tertiary/aromatic N) is 2. The molecule has 0 saturated heterocycles. The molecule has 0 aliphatic carbocycles. The Morgan fingerprint density at radius 2 is 2.09 bits per heavy atom. The number of aromatic nitrogens is 1. The molecule has 3 aromatic rings. The first kappa shape index (κ1) is 15.3. The lowest BCUT2D eigenvalue weighted by Crippen LogP contribution is -2.26. The van der Waals surface area contributed by atoms with Gasteiger partial charge >= 0.3 is 0 Å². The summed E-state index contributed by atoms with van der Waals surface area (Å²) in [5.41, 5.74) is 1.14. The first-order valence-corrected chi connectivity index (χ1v) is 7.87. The van der Waals surface area contributed by atoms with E-state index in [2.05, 4.69) is 4.98 Å². The molecular weight excluding hydrogens is 312 g/mol. The van der Waals surface area contributed by atoms with Crippen LogP contribution in [0.4, 0.5) is 0 Å². The minimum absolute atomic E-state index is 0.0630. The molecule has 118 valence electrons. The molecule has 1 N–H and O–H groups in total. The van der Waals surface area contributed by atoms with E-state index < -0.39 is 0 Å². The van der Waals surface area contributed by atoms with Crippen molar-refractivity contribution in [2.45, 2.75) is 6.54 Å². The highest BCUT2D eigenvalue weighted by molar-refractivity contribution is 7.18. The molecule has 0 saturated carbocycles. The lowest BCUT2D eigenvalue weighted by atomic mass is 10.1. The zero-order valence-corrected chi connectivity index (χ0v) is 13.6. The first-order chi connectivity index (χ1) is 11.1. The highest BCUT2D eigenvalue weighted by Gasteiger charge is 2.18. The normalized spacial score (nSPS) is 10.7. The number of phenols is 1. The molecule has 0 aliphatic rings. The zero-order valence-electron chi connectivity index (χ0n) is 12.8. The lowest BCUT2D eigenvalue weighted by Gasteiger charge is -2.16. The Balaban J connectivity index is 1.82. The van der Waals surface area contributed by atoms with Crippen LogP contribution in [-0.4, -0.2) is 35.1 Å². The second-order valence-electron chi connectivity index (χ2n) is 5.12. The van der Waals surface area contributed by atoms with Crippen molar-refractivity contribution in [2.75, 3.05) is 14.2 Å². The Labute approximate surface area is 137 Å². The third kappa shape index (κ3) is 3.12. The lowest BCUT2D eigenvalue weighted by molar-refractivity contribution is 0.0781. The average molecular weight is 328 g/mol. The van der Waals surface area contributed by atoms with Gasteiger partial charge in [-0.3, -0.25) is 4.79 Å². The van der Waals surface area contributed by atoms with E-state index in [1.165, 1.54) is 24.1 Å². The quantitative estimate of drug-likeness (QED) is 0.798. The summed E-state index contributed by atoms with van der Waals surface area (Å²) >= 11 is 1.56. The van der Waals surface area contributed by atoms with Gasteiger partial charge in [0.05, 0.1) is 29.4 Å². The zero-order chi connectivity index (χ0) is 16.4. The molecule has 0 unspecified atom stereocenters. The Hall–Kier alpha value is -2.60. The van der Waals surface area contributed by atoms with E-state index in [-0.39, 0.29) is 17.2 Å². The van der Waals surface area contributed by atoms with Crippen LogP contribution < -0.4 is 4.74 Å². The number of amides is 1. The molecule has 0 aliphatic heterocycles. The molecule has 1 amide bonds. The van der Waals surface area contributed by atoms with Gasteiger partial charge in [-0.15, -0.1) is 11.3 Å². The predicted molar refractivity (Wildman–Crippen MR) is 90.1 cm³/mol. The molecule has 2 aromatic carbocycles. The summed E-state index contributed by atoms with van der Waals surface area (Å²) in [5.74, 6) is 0.187. The van der Waals surface area contributed by atoms with E-state index >= 15 is 0 Å². The second-order valence-corrected chi connectivity index (χ2v) is 6.23. The number of carbonyl (C=O) groups is 1. The largest absolute Gasteiger partial charge is 0.507 e. The minimum atomic E-state index is -0.277. The summed E-state index contributed by atoms with van der Waals surface area (Å²) in [4.78, 5) is 18.6. The fourth-order valence-electron chi connectivity index (χ4n) is 2.28. The number of phenolic OH excluding ortho intramolecular Hbond substituents is 1. The molecule has 0 atom stereocenters. The van der Waals surface area contributed by atoms with Gasteiger partial charge in [0.15, 0.2) is 0 Å². The number of rotatable bonds is 4. The van der Waals surface area contributed by atoms with Gasteiger partial charge in [-0.2, -0.15) is 0 Å². The van der Waals surface area contributed by atoms with Crippen LogP contribution in [0.5, 0.6) is 11.5 Å². The summed E-state index contributed by atoms with van der Waals surface area (Å²) < 4.78 is 6.20. The molecule has 23 heavy (non-hydrogen) atoms. The number of benzene rings is 2. The SMILES string of the molecule is COc1ccc(O)c(C(=O)N(C)Cc2nc3ccccc3s2)c1. The summed E-state index contributed by atoms with van der Waals surface area (Å²) in [6.07, 6.45) is 0. The van der Waals surface area contributed by atoms with E-state index in [1.54, 1.807) is 24.5 Å². The number of methoxy groups -OCH3 is 1. The van der Waals surface area contributed by atoms with Crippen molar-refractivity contribution >= 4 is 27.5 Å². The van der Waals surface area contributed by atoms with Crippen LogP contribution >= 0.6 is 11.3 Å². The van der Waals surface area contributed by atoms with Gasteiger partial charge in [-0.1, -0.05) is 12.1 Å². The van der Waals surface area contributed by atoms with E-state index in [0.29, 0.717) is 12.3 Å². The number of ether oxygens (including phenoxy) is 1. The van der Waals surface area contributed by atoms with E-state index in [9.17, 15) is 9.90 Å². The summed E-state index contributed by atoms with van der Waals surface area (Å²) in [6.45, 7) is 0.384. The van der Waals surface area contributed by atoms with Gasteiger partial charge in [-0.05, 0) is 30.3 Å². The molecule has 1 heterocycles. The Bertz CT molecular complexity index is 827. The fourth-order valence-corrected chi connectivity index (χ4v) is 3.30. The molecule has 5 nitrogen and oxygen atoms in total. The molecule has 0 bridgehead atoms. The van der Waals surface area contributed by atoms with E-state index in [0.717, 1.165) is 15.2 Å². The van der Waals surface area contributed by atoms with Gasteiger partial charge in [0.25, 0.3) is 5.91 Å². The summed E-state index contributed by atoms with van der Waals surface area (Å²) in [5, 5.41) is 10.8. The number of para-hydroxylation sites is 1. The number of hydrogen-bond acceptors (Lipinski definition) is 5. The predicted octanol–water partition coefficient (Wildman–Crippen LogP) is 3.28. The van der Waals surface area contributed by atoms with Gasteiger partial charge in [0.1, 0.15) is 16.5 Å². The summed E-state index contributed by atoms with van der Waals surface area (Å²) in [7, 11) is 3.21. The number of aromatic hydroxyl groups is 1. The van der Waals surface area contributed by atoms with Crippen molar-refractivity contribution in [3.05, 3.63) is 53.0 Å². The topological polar surface area (TPSA) is 62.7 Å². The van der Waals surface area contributed by atoms with E-state index in [1.807, 2.05) is 24.3 Å². The maximum absolute atomic E-state index is 12.5. The molecule has 6 heteroatoms. The van der Waals surface area contributed by atoms with Crippen LogP contribution in [0.15, 0.2) is 42.5 Å². The van der Waals surface area contributed by atoms with Gasteiger partial charge in [-0.25, -0.2) is 4.98 Å². The smallest absolute Gasteiger partial charge is 0.257 e. The van der Waals surface area contributed by atoms with Crippen molar-refractivity contribution in [1.82, 2.24) is 9.88 Å². The van der Waals surface area contributed by atoms with Crippen molar-refractivity contribution in [3.8, 4) is 11.5 Å². The second kappa shape index (κ2) is 6.26. The molecule has 0 fully saturated rings. The summed E-state index contributed by atoms with van der Waals surface area (Å²) in [6, 6.07) is 12.5. The van der Waals surface area contributed by atoms with Crippen LogP contribution in [0.25, 0.3) is 10.2 Å². The standard InChI is InChI=1S/C17H16N2O3S/c1-19(10-16-18-13-5-3-4-6-15(13)23-16)17(21)12-9-11(22-2)7-8-14(12)20/h3-9,20H,10H2,1-2H3. The van der Waals surface area contributed by atoms with Gasteiger partial charge in [0.2, 0.25) is 0 Å². The average Bonchev–Trinajstić information content (AvgIpc) is 2.96. The van der Waals surface area contributed by atoms with Crippen LogP contribution in [-0.2, 0) is 6.54 Å². The molecular formula is C17H16N2O3S. The van der Waals surface area contributed by atoms with Crippen LogP contribution in [0.1, 0.15) is 15.4 Å². The van der Waals surface area contributed by atoms with E-state index in [4.69, 9.17) is 4.74 Å². The molecule has 0 spiro atoms. The van der Waals surface area contributed by atoms with Gasteiger partial charge < -0.3 is 14.7 Å². The van der Waals surface area contributed by atoms with Crippen molar-refractivity contribution in [3.63, 3.8) is 0 Å². The molecule has 0 radical (unpaired) electrons. The Kier molecular flexibility index (Phi) is 4.16. The maximum Gasteiger partial charge on any atom is 0.257 e. The van der Waals surface area contributed by atoms with Crippen LogP contribution in [0.2, 0.25) is 0 Å². The molecule has 1 aromatic heterocycles. The van der Waals surface area contributed by atoms with Crippen molar-refractivity contribution in [1.29, 1.82) is 0 Å². The Morgan fingerprint density at radius 3 is 2.83 bits per heavy atom. The highest BCUT2D eigenvalue weighted by Crippen LogP contribution is 2.26. The third-order valence-electron chi connectivity index (χ3n) is 3.49. The monoisotopic (exact) mass is 328 g/mol. The highest BCUT2D eigenvalue weighted by atomic mass is 32.1. The molecule has 3 rings (SSSR count). The Morgan fingerprint density at radius 1 is 1.30 bits per heavy atom. The minimum Gasteiger partial charge on any atom is -0.507 e. The van der Waals surface area contributed by atoms with Crippen molar-refractivity contribution in [2.24, 2.45) is 0 Å². The van der Waals surface area contributed by atoms with Crippen LogP contribution in [0, 0.1) is 0 Å². The third-order valence-corrected chi connectivity index (χ3v) is 4.51. The number of carbonyl (C=O) groups excluding carboxylic acids is 1. The number of hydrogen-bond donors (Lipinski definition) is 1. The van der Waals surface area contributed by atoms with Gasteiger partial charge in [0, 0.05) is 7.05 Å².